The highest BCUT2D eigenvalue weighted by atomic mass is 79.9. The Kier molecular flexibility index (Phi) is 35.9. The topological polar surface area (TPSA) is 693 Å². The van der Waals surface area contributed by atoms with E-state index in [1.807, 2.05) is 5.32 Å². The molecule has 0 radical (unpaired) electrons. The van der Waals surface area contributed by atoms with Crippen LogP contribution in [0.5, 0.6) is 0 Å². The number of aliphatic hydroxyl groups is 10. The number of nitrogens with two attached hydrogens (primary N) is 2. The summed E-state index contributed by atoms with van der Waals surface area (Å²) in [4.78, 5) is 215. The number of aliphatic hydroxyl groups excluding tert-OH is 10. The quantitative estimate of drug-likeness (QED) is 0.0325. The van der Waals surface area contributed by atoms with E-state index in [1.54, 1.807) is 79.7 Å². The lowest BCUT2D eigenvalue weighted by Crippen LogP contribution is -2.64. The van der Waals surface area contributed by atoms with Crippen molar-refractivity contribution in [3.63, 3.8) is 0 Å². The molecule has 44 heteroatoms. The Balaban J connectivity index is 1.45. The number of carbonyl (C=O) groups excluding carboxylic acids is 14. The predicted octanol–water partition coefficient (Wildman–Crippen LogP) is -10.3. The number of carboxylic acids is 1. The minimum atomic E-state index is -2.76. The molecule has 7 rings (SSSR count). The monoisotopic (exact) mass is 1750 g/mol. The number of allylic oxidation sites excluding steroid dienone is 2. The number of primary amides is 2. The summed E-state index contributed by atoms with van der Waals surface area (Å²) in [6.45, 7) is -1.90. The van der Waals surface area contributed by atoms with Crippen LogP contribution in [-0.2, 0) is 96.0 Å². The first-order valence-electron chi connectivity index (χ1n) is 37.8. The molecule has 1 aromatic heterocycles. The summed E-state index contributed by atoms with van der Waals surface area (Å²) < 4.78 is 8.27. The number of nitrogens with one attached hydrogen (secondary N) is 12. The number of carboxylic acid groups (broad SMARTS) is 1. The highest BCUT2D eigenvalue weighted by molar-refractivity contribution is 9.10. The van der Waals surface area contributed by atoms with Crippen molar-refractivity contribution in [1.82, 2.24) is 68.4 Å². The Morgan fingerprint density at radius 2 is 1.18 bits per heavy atom. The normalized spacial score (nSPS) is 28.3. The van der Waals surface area contributed by atoms with Gasteiger partial charge in [0.1, 0.15) is 109 Å². The van der Waals surface area contributed by atoms with Gasteiger partial charge in [-0.3, -0.25) is 67.1 Å². The SMILES string of the molecule is CC(/C=C/c1ccccc1)=C\[C@H](O)[C@@H]1CC(=O)N[C@@H](CO)C(=O)N[C@@H]2C[n+]3cc(n(C4OC(CO)C(O)C(O)C4O)c3)C[C@H](NC(=O)CCC[C@@H](C(=O)O)NC(=O)[C@H](O)CNC(=O)[C@H]([C@@H](C)c3ccc(Br)cc3)NC(=O)[C@H]([C@@H](O)C(N)=O)NC(=O)[C@H](CC(N)=O)NC2=O)C(=O)N[C@@H]([C@H](C)O)C(=O)N[C@@H](CO)C(=O)N[C@@H](Cc2ccccc2)C(=O)N1. The third kappa shape index (κ3) is 27.2. The maximum atomic E-state index is 15.4. The number of hydrogen-bond acceptors (Lipinski definition) is 26. The molecule has 5 unspecified atom stereocenters. The van der Waals surface area contributed by atoms with Gasteiger partial charge in [0.15, 0.2) is 6.10 Å². The van der Waals surface area contributed by atoms with Crippen LogP contribution in [-0.4, -0.2) is 291 Å². The van der Waals surface area contributed by atoms with E-state index in [9.17, 15) is 119 Å². The fraction of sp³-hybridized carbons (Fsp3) is 0.474. The van der Waals surface area contributed by atoms with Crippen LogP contribution < -0.4 is 79.8 Å². The number of halogens is 1. The van der Waals surface area contributed by atoms with Gasteiger partial charge in [-0.1, -0.05) is 119 Å². The zero-order chi connectivity index (χ0) is 88.5. The van der Waals surface area contributed by atoms with E-state index in [4.69, 9.17) is 16.2 Å². The number of benzene rings is 3. The third-order valence-electron chi connectivity index (χ3n) is 19.7. The van der Waals surface area contributed by atoms with Gasteiger partial charge in [0, 0.05) is 36.1 Å². The van der Waals surface area contributed by atoms with Crippen LogP contribution >= 0.6 is 15.9 Å². The van der Waals surface area contributed by atoms with E-state index < -0.39 is 300 Å². The summed E-state index contributed by atoms with van der Waals surface area (Å²) in [5.74, 6) is -22.8. The van der Waals surface area contributed by atoms with Gasteiger partial charge in [0.25, 0.3) is 5.91 Å². The smallest absolute Gasteiger partial charge is 0.326 e. The van der Waals surface area contributed by atoms with Crippen LogP contribution in [0.25, 0.3) is 6.08 Å². The molecule has 14 amide bonds. The number of nitrogens with zero attached hydrogens (tertiary/aromatic N) is 2. The highest BCUT2D eigenvalue weighted by Gasteiger charge is 2.49. The Morgan fingerprint density at radius 3 is 1.79 bits per heavy atom. The molecule has 4 aromatic rings. The number of amides is 14. The van der Waals surface area contributed by atoms with Gasteiger partial charge in [0.05, 0.1) is 51.0 Å². The standard InChI is InChI=1S/C76H99BrN16O27/c1-35(17-18-38-11-6-4-7-12-38)23-51(98)44-27-56(102)82-49(31-94)69(112)87-48-30-92-29-42(93(34-92)75-63(106)62(105)60(103)53(33-96)120-75)25-46(66(109)90-58(37(3)97)73(116)88-50(32-95)70(113)85-45(65(108)84-44)24-39-13-8-5-9-14-39)81-55(101)16-10-15-43(76(118)119)83-71(114)52(99)28-80-72(115)57(36(2)40-19-21-41(77)22-20-40)89-74(117)59(61(104)64(79)107)91-67(110)47(26-54(78)100)86-68(48)111/h4-9,11-14,17-23,29,34,36-37,43-53,57-63,75,94-99,103-106H,10,15-16,24-28,30-33H2,1-3H3,(H16-,78,79,80,81,82,83,84,85,86,87,88,89,90,91,100,101,102,107,108,109,110,111,112,113,114,115,116,117,118,119)/p+1/b18-17+,35-23+/t36-,37-,43-,44-,45-,46-,47-,48+,49-,50-,51-,52+,53?,57-,58-,59-,60?,61+,62?,63?,75?/m0/s1. The molecule has 1 saturated heterocycles. The second-order valence-corrected chi connectivity index (χ2v) is 29.8. The molecular formula is C76H100BrN16O27+. The highest BCUT2D eigenvalue weighted by Crippen LogP contribution is 2.30. The number of hydrogen-bond donors (Lipinski definition) is 25. The molecule has 120 heavy (non-hydrogen) atoms. The second-order valence-electron chi connectivity index (χ2n) is 28.9. The molecule has 27 N–H and O–H groups in total. The molecular weight excluding hydrogens is 1650 g/mol. The molecule has 4 heterocycles. The van der Waals surface area contributed by atoms with Crippen molar-refractivity contribution in [3.05, 3.63) is 142 Å². The van der Waals surface area contributed by atoms with E-state index in [-0.39, 0.29) is 5.56 Å². The van der Waals surface area contributed by atoms with Crippen LogP contribution in [0.4, 0.5) is 0 Å². The molecule has 1 fully saturated rings. The Morgan fingerprint density at radius 1 is 0.600 bits per heavy atom. The fourth-order valence-electron chi connectivity index (χ4n) is 13.0. The number of fused-ring (bicyclic) bond motifs is 2. The summed E-state index contributed by atoms with van der Waals surface area (Å²) in [5.41, 5.74) is 12.4. The van der Waals surface area contributed by atoms with Crippen molar-refractivity contribution in [2.24, 2.45) is 11.5 Å². The second kappa shape index (κ2) is 45.0. The summed E-state index contributed by atoms with van der Waals surface area (Å²) >= 11 is 3.29. The number of imidazole rings is 1. The van der Waals surface area contributed by atoms with Crippen LogP contribution in [0.15, 0.2) is 120 Å². The maximum absolute atomic E-state index is 15.4. The molecule has 0 spiro atoms. The van der Waals surface area contributed by atoms with Crippen molar-refractivity contribution < 1.29 is 137 Å². The zero-order valence-electron chi connectivity index (χ0n) is 65.0. The van der Waals surface area contributed by atoms with Crippen molar-refractivity contribution in [2.75, 3.05) is 26.4 Å². The first-order chi connectivity index (χ1) is 56.8. The molecule has 652 valence electrons. The van der Waals surface area contributed by atoms with E-state index in [1.165, 1.54) is 37.3 Å². The van der Waals surface area contributed by atoms with Crippen molar-refractivity contribution in [3.8, 4) is 0 Å². The maximum Gasteiger partial charge on any atom is 0.326 e. The van der Waals surface area contributed by atoms with Gasteiger partial charge in [-0.25, -0.2) is 13.9 Å². The fourth-order valence-corrected chi connectivity index (χ4v) is 13.2. The molecule has 3 aliphatic heterocycles. The molecule has 0 saturated carbocycles. The number of aliphatic carboxylic acids is 1. The van der Waals surface area contributed by atoms with E-state index in [2.05, 4.69) is 74.4 Å². The summed E-state index contributed by atoms with van der Waals surface area (Å²) in [6.07, 6.45) is -18.4. The lowest BCUT2D eigenvalue weighted by Gasteiger charge is -2.38. The van der Waals surface area contributed by atoms with Crippen LogP contribution in [0.3, 0.4) is 0 Å². The van der Waals surface area contributed by atoms with Gasteiger partial charge < -0.3 is 136 Å². The number of ether oxygens (including phenoxy) is 1. The first kappa shape index (κ1) is 95.6. The predicted molar refractivity (Wildman–Crippen MR) is 417 cm³/mol. The molecule has 0 aliphatic carbocycles. The third-order valence-corrected chi connectivity index (χ3v) is 20.2. The lowest BCUT2D eigenvalue weighted by atomic mass is 9.92. The number of aromatic nitrogens is 2. The molecule has 43 nitrogen and oxygen atoms in total. The Labute approximate surface area is 693 Å². The van der Waals surface area contributed by atoms with Crippen molar-refractivity contribution in [1.29, 1.82) is 0 Å². The summed E-state index contributed by atoms with van der Waals surface area (Å²) in [5, 5.41) is 149. The molecule has 3 aromatic carbocycles. The van der Waals surface area contributed by atoms with E-state index in [0.29, 0.717) is 21.2 Å². The average molecular weight is 1750 g/mol. The van der Waals surface area contributed by atoms with Crippen LogP contribution in [0.1, 0.15) is 87.4 Å². The first-order valence-corrected chi connectivity index (χ1v) is 38.6. The summed E-state index contributed by atoms with van der Waals surface area (Å²) in [6, 6.07) is -0.629. The zero-order valence-corrected chi connectivity index (χ0v) is 66.5. The van der Waals surface area contributed by atoms with Crippen LogP contribution in [0.2, 0.25) is 0 Å². The minimum Gasteiger partial charge on any atom is -0.480 e. The van der Waals surface area contributed by atoms with Crippen LogP contribution in [0, 0.1) is 0 Å². The van der Waals surface area contributed by atoms with Crippen molar-refractivity contribution in [2.45, 2.75) is 200 Å². The van der Waals surface area contributed by atoms with Gasteiger partial charge in [-0.2, -0.15) is 0 Å². The molecule has 21 atom stereocenters. The minimum absolute atomic E-state index is 0.286. The van der Waals surface area contributed by atoms with Gasteiger partial charge in [-0.15, -0.1) is 0 Å². The number of carbonyl (C=O) groups is 15. The average Bonchev–Trinajstić information content (AvgIpc) is 1.59. The molecule has 3 aliphatic rings. The van der Waals surface area contributed by atoms with Gasteiger partial charge >= 0.3 is 5.97 Å². The molecule has 4 bridgehead atoms. The van der Waals surface area contributed by atoms with E-state index in [0.717, 1.165) is 28.6 Å². The number of β-amino-alcohol motifs (C(OH)–C–C–N with tert-alkyl or cyclic N) is 1. The number of rotatable bonds is 18. The lowest BCUT2D eigenvalue weighted by molar-refractivity contribution is -0.697. The largest absolute Gasteiger partial charge is 0.480 e. The van der Waals surface area contributed by atoms with E-state index >= 15 is 9.59 Å². The Hall–Kier alpha value is -11.6. The van der Waals surface area contributed by atoms with Gasteiger partial charge in [-0.05, 0) is 55.5 Å². The summed E-state index contributed by atoms with van der Waals surface area (Å²) in [7, 11) is 0. The Bertz CT molecular complexity index is 4390. The van der Waals surface area contributed by atoms with Crippen molar-refractivity contribution >= 4 is 111 Å². The van der Waals surface area contributed by atoms with Gasteiger partial charge in [0.2, 0.25) is 89.3 Å².